The molecule has 4 nitrogen and oxygen atoms in total. The zero-order valence-electron chi connectivity index (χ0n) is 12.9. The van der Waals surface area contributed by atoms with Crippen LogP contribution in [0.3, 0.4) is 0 Å². The van der Waals surface area contributed by atoms with Gasteiger partial charge in [0, 0.05) is 37.6 Å². The first-order chi connectivity index (χ1) is 11.5. The fourth-order valence-corrected chi connectivity index (χ4v) is 3.08. The molecule has 0 spiro atoms. The summed E-state index contributed by atoms with van der Waals surface area (Å²) in [6.45, 7) is 0.00605. The number of nitrogens with zero attached hydrogens (tertiary/aromatic N) is 3. The molecule has 0 bridgehead atoms. The molecule has 1 aliphatic heterocycles. The first kappa shape index (κ1) is 14.9. The van der Waals surface area contributed by atoms with Crippen molar-refractivity contribution >= 4 is 10.9 Å². The molecule has 24 heavy (non-hydrogen) atoms. The summed E-state index contributed by atoms with van der Waals surface area (Å²) in [4.78, 5) is 21.4. The van der Waals surface area contributed by atoms with Crippen LogP contribution in [-0.4, -0.2) is 20.5 Å². The smallest absolute Gasteiger partial charge is 0.261 e. The molecule has 4 rings (SSSR count). The SMILES string of the molecule is O=c1c2ccc(-c3ccccn3)cc2nc2n1CCC(F)(F)CC2. The van der Waals surface area contributed by atoms with Crippen LogP contribution in [0.4, 0.5) is 8.78 Å². The number of halogens is 2. The number of fused-ring (bicyclic) bond motifs is 2. The lowest BCUT2D eigenvalue weighted by molar-refractivity contribution is -0.0153. The number of hydrogen-bond donors (Lipinski definition) is 0. The summed E-state index contributed by atoms with van der Waals surface area (Å²) in [5.41, 5.74) is 1.90. The molecule has 0 fully saturated rings. The van der Waals surface area contributed by atoms with E-state index in [2.05, 4.69) is 9.97 Å². The molecule has 2 aromatic heterocycles. The van der Waals surface area contributed by atoms with Gasteiger partial charge in [0.25, 0.3) is 5.56 Å². The van der Waals surface area contributed by atoms with Crippen LogP contribution in [0.5, 0.6) is 0 Å². The van der Waals surface area contributed by atoms with Gasteiger partial charge in [0.05, 0.1) is 16.6 Å². The Morgan fingerprint density at radius 3 is 2.79 bits per heavy atom. The van der Waals surface area contributed by atoms with E-state index in [1.807, 2.05) is 24.3 Å². The number of hydrogen-bond acceptors (Lipinski definition) is 3. The molecule has 0 unspecified atom stereocenters. The topological polar surface area (TPSA) is 47.8 Å². The predicted molar refractivity (Wildman–Crippen MR) is 87.1 cm³/mol. The van der Waals surface area contributed by atoms with Crippen LogP contribution in [0.1, 0.15) is 18.7 Å². The molecular weight excluding hydrogens is 312 g/mol. The average molecular weight is 327 g/mol. The lowest BCUT2D eigenvalue weighted by Crippen LogP contribution is -2.25. The van der Waals surface area contributed by atoms with Crippen molar-refractivity contribution in [3.05, 3.63) is 58.8 Å². The molecule has 0 radical (unpaired) electrons. The van der Waals surface area contributed by atoms with Crippen molar-refractivity contribution in [3.63, 3.8) is 0 Å². The highest BCUT2D eigenvalue weighted by molar-refractivity contribution is 5.83. The molecule has 6 heteroatoms. The molecule has 0 aliphatic carbocycles. The number of aromatic nitrogens is 3. The summed E-state index contributed by atoms with van der Waals surface area (Å²) in [6.07, 6.45) is 1.21. The van der Waals surface area contributed by atoms with Gasteiger partial charge in [-0.1, -0.05) is 12.1 Å². The molecular formula is C18H15F2N3O. The Balaban J connectivity index is 1.87. The molecule has 3 heterocycles. The number of aryl methyl sites for hydroxylation is 1. The number of rotatable bonds is 1. The third-order valence-corrected chi connectivity index (χ3v) is 4.41. The average Bonchev–Trinajstić information content (AvgIpc) is 2.74. The molecule has 1 aromatic carbocycles. The van der Waals surface area contributed by atoms with Crippen LogP contribution in [0.25, 0.3) is 22.2 Å². The number of benzene rings is 1. The van der Waals surface area contributed by atoms with Crippen molar-refractivity contribution in [2.45, 2.75) is 31.7 Å². The first-order valence-electron chi connectivity index (χ1n) is 7.86. The van der Waals surface area contributed by atoms with E-state index in [9.17, 15) is 13.6 Å². The monoisotopic (exact) mass is 327 g/mol. The highest BCUT2D eigenvalue weighted by atomic mass is 19.3. The van der Waals surface area contributed by atoms with E-state index < -0.39 is 5.92 Å². The van der Waals surface area contributed by atoms with E-state index in [0.717, 1.165) is 11.3 Å². The van der Waals surface area contributed by atoms with Crippen molar-refractivity contribution < 1.29 is 8.78 Å². The normalized spacial score (nSPS) is 16.6. The third kappa shape index (κ3) is 2.58. The fraction of sp³-hybridized carbons (Fsp3) is 0.278. The maximum absolute atomic E-state index is 13.6. The lowest BCUT2D eigenvalue weighted by atomic mass is 10.1. The quantitative estimate of drug-likeness (QED) is 0.688. The fourth-order valence-electron chi connectivity index (χ4n) is 3.08. The van der Waals surface area contributed by atoms with E-state index in [0.29, 0.717) is 16.7 Å². The molecule has 3 aromatic rings. The first-order valence-corrected chi connectivity index (χ1v) is 7.86. The van der Waals surface area contributed by atoms with Crippen LogP contribution >= 0.6 is 0 Å². The van der Waals surface area contributed by atoms with Gasteiger partial charge >= 0.3 is 0 Å². The minimum absolute atomic E-state index is 0.00605. The largest absolute Gasteiger partial charge is 0.296 e. The summed E-state index contributed by atoms with van der Waals surface area (Å²) < 4.78 is 28.7. The highest BCUT2D eigenvalue weighted by Crippen LogP contribution is 2.29. The van der Waals surface area contributed by atoms with Gasteiger partial charge in [0.2, 0.25) is 5.92 Å². The van der Waals surface area contributed by atoms with Crippen molar-refractivity contribution in [1.29, 1.82) is 0 Å². The molecule has 0 saturated carbocycles. The van der Waals surface area contributed by atoms with Gasteiger partial charge in [-0.2, -0.15) is 0 Å². The molecule has 0 atom stereocenters. The van der Waals surface area contributed by atoms with Crippen LogP contribution in [0.2, 0.25) is 0 Å². The van der Waals surface area contributed by atoms with E-state index in [1.165, 1.54) is 4.57 Å². The Morgan fingerprint density at radius 2 is 2.00 bits per heavy atom. The van der Waals surface area contributed by atoms with Gasteiger partial charge in [-0.05, 0) is 24.3 Å². The lowest BCUT2D eigenvalue weighted by Gasteiger charge is -2.11. The van der Waals surface area contributed by atoms with Gasteiger partial charge in [0.1, 0.15) is 5.82 Å². The van der Waals surface area contributed by atoms with Crippen molar-refractivity contribution in [2.75, 3.05) is 0 Å². The van der Waals surface area contributed by atoms with Crippen molar-refractivity contribution in [2.24, 2.45) is 0 Å². The highest BCUT2D eigenvalue weighted by Gasteiger charge is 2.32. The summed E-state index contributed by atoms with van der Waals surface area (Å²) in [6, 6.07) is 10.9. The van der Waals surface area contributed by atoms with E-state index in [1.54, 1.807) is 18.3 Å². The van der Waals surface area contributed by atoms with Gasteiger partial charge in [-0.3, -0.25) is 14.3 Å². The van der Waals surface area contributed by atoms with Crippen LogP contribution in [0.15, 0.2) is 47.4 Å². The second kappa shape index (κ2) is 5.47. The summed E-state index contributed by atoms with van der Waals surface area (Å²) in [7, 11) is 0. The Hall–Kier alpha value is -2.63. The van der Waals surface area contributed by atoms with Gasteiger partial charge in [-0.25, -0.2) is 13.8 Å². The second-order valence-corrected chi connectivity index (χ2v) is 6.04. The third-order valence-electron chi connectivity index (χ3n) is 4.41. The number of alkyl halides is 2. The summed E-state index contributed by atoms with van der Waals surface area (Å²) in [5, 5.41) is 0.448. The van der Waals surface area contributed by atoms with Crippen molar-refractivity contribution in [1.82, 2.24) is 14.5 Å². The van der Waals surface area contributed by atoms with Gasteiger partial charge in [0.15, 0.2) is 0 Å². The van der Waals surface area contributed by atoms with E-state index in [-0.39, 0.29) is 31.4 Å². The molecule has 0 saturated heterocycles. The minimum atomic E-state index is -2.74. The summed E-state index contributed by atoms with van der Waals surface area (Å²) >= 11 is 0. The van der Waals surface area contributed by atoms with Gasteiger partial charge < -0.3 is 0 Å². The Kier molecular flexibility index (Phi) is 3.40. The minimum Gasteiger partial charge on any atom is -0.296 e. The molecule has 0 amide bonds. The predicted octanol–water partition coefficient (Wildman–Crippen LogP) is 3.43. The second-order valence-electron chi connectivity index (χ2n) is 6.04. The molecule has 0 N–H and O–H groups in total. The zero-order chi connectivity index (χ0) is 16.7. The molecule has 1 aliphatic rings. The van der Waals surface area contributed by atoms with E-state index >= 15 is 0 Å². The van der Waals surface area contributed by atoms with Gasteiger partial charge in [-0.15, -0.1) is 0 Å². The van der Waals surface area contributed by atoms with E-state index in [4.69, 9.17) is 0 Å². The standard InChI is InChI=1S/C18H15F2N3O/c19-18(20)7-6-16-22-15-11-12(14-3-1-2-9-21-14)4-5-13(15)17(24)23(16)10-8-18/h1-5,9,11H,6-8,10H2. The molecule has 122 valence electrons. The Bertz CT molecular complexity index is 967. The Morgan fingerprint density at radius 1 is 1.12 bits per heavy atom. The Labute approximate surface area is 136 Å². The van der Waals surface area contributed by atoms with Crippen LogP contribution in [0, 0.1) is 0 Å². The maximum atomic E-state index is 13.6. The summed E-state index contributed by atoms with van der Waals surface area (Å²) in [5.74, 6) is -2.31. The van der Waals surface area contributed by atoms with Crippen molar-refractivity contribution in [3.8, 4) is 11.3 Å². The zero-order valence-corrected chi connectivity index (χ0v) is 12.9. The van der Waals surface area contributed by atoms with Crippen LogP contribution in [-0.2, 0) is 13.0 Å². The number of pyridine rings is 1. The maximum Gasteiger partial charge on any atom is 0.261 e. The van der Waals surface area contributed by atoms with Crippen LogP contribution < -0.4 is 5.56 Å².